The van der Waals surface area contributed by atoms with Gasteiger partial charge in [-0.15, -0.1) is 0 Å². The molecule has 2 rings (SSSR count). The zero-order valence-electron chi connectivity index (χ0n) is 11.5. The van der Waals surface area contributed by atoms with Gasteiger partial charge in [0.1, 0.15) is 4.90 Å². The van der Waals surface area contributed by atoms with Crippen LogP contribution < -0.4 is 10.0 Å². The molecule has 106 valence electrons. The SMILES string of the molecule is CC(C)NS(=O)(=O)c1ccccc1NCC1CCC1. The highest BCUT2D eigenvalue weighted by molar-refractivity contribution is 7.89. The van der Waals surface area contributed by atoms with Gasteiger partial charge in [-0.1, -0.05) is 18.6 Å². The molecule has 0 amide bonds. The van der Waals surface area contributed by atoms with Crippen molar-refractivity contribution in [3.63, 3.8) is 0 Å². The molecule has 0 radical (unpaired) electrons. The molecular weight excluding hydrogens is 260 g/mol. The molecule has 0 unspecified atom stereocenters. The second kappa shape index (κ2) is 5.92. The Balaban J connectivity index is 2.14. The van der Waals surface area contributed by atoms with E-state index in [0.717, 1.165) is 6.54 Å². The first-order chi connectivity index (χ1) is 8.99. The van der Waals surface area contributed by atoms with Crippen LogP contribution in [0.2, 0.25) is 0 Å². The van der Waals surface area contributed by atoms with Gasteiger partial charge < -0.3 is 5.32 Å². The van der Waals surface area contributed by atoms with Gasteiger partial charge in [0.15, 0.2) is 0 Å². The van der Waals surface area contributed by atoms with E-state index in [4.69, 9.17) is 0 Å². The number of para-hydroxylation sites is 1. The Morgan fingerprint density at radius 1 is 1.26 bits per heavy atom. The smallest absolute Gasteiger partial charge is 0.242 e. The van der Waals surface area contributed by atoms with Gasteiger partial charge in [-0.05, 0) is 44.7 Å². The average Bonchev–Trinajstić information content (AvgIpc) is 2.25. The van der Waals surface area contributed by atoms with Gasteiger partial charge in [0, 0.05) is 12.6 Å². The molecule has 0 heterocycles. The lowest BCUT2D eigenvalue weighted by atomic mass is 9.85. The summed E-state index contributed by atoms with van der Waals surface area (Å²) in [6.07, 6.45) is 3.78. The lowest BCUT2D eigenvalue weighted by Gasteiger charge is -2.26. The van der Waals surface area contributed by atoms with E-state index in [9.17, 15) is 8.42 Å². The van der Waals surface area contributed by atoms with Crippen molar-refractivity contribution < 1.29 is 8.42 Å². The summed E-state index contributed by atoms with van der Waals surface area (Å²) in [6, 6.07) is 6.98. The van der Waals surface area contributed by atoms with Crippen LogP contribution in [0.5, 0.6) is 0 Å². The Morgan fingerprint density at radius 3 is 2.53 bits per heavy atom. The molecule has 5 heteroatoms. The van der Waals surface area contributed by atoms with E-state index in [1.165, 1.54) is 19.3 Å². The minimum Gasteiger partial charge on any atom is -0.384 e. The first kappa shape index (κ1) is 14.3. The summed E-state index contributed by atoms with van der Waals surface area (Å²) in [6.45, 7) is 4.50. The Kier molecular flexibility index (Phi) is 4.47. The quantitative estimate of drug-likeness (QED) is 0.843. The van der Waals surface area contributed by atoms with E-state index in [2.05, 4.69) is 10.0 Å². The standard InChI is InChI=1S/C14H22N2O2S/c1-11(2)16-19(17,18)14-9-4-3-8-13(14)15-10-12-6-5-7-12/h3-4,8-9,11-12,15-16H,5-7,10H2,1-2H3. The van der Waals surface area contributed by atoms with E-state index >= 15 is 0 Å². The highest BCUT2D eigenvalue weighted by Crippen LogP contribution is 2.28. The molecule has 4 nitrogen and oxygen atoms in total. The second-order valence-corrected chi connectivity index (χ2v) is 7.13. The van der Waals surface area contributed by atoms with Gasteiger partial charge in [0.25, 0.3) is 0 Å². The highest BCUT2D eigenvalue weighted by atomic mass is 32.2. The van der Waals surface area contributed by atoms with Crippen molar-refractivity contribution in [1.82, 2.24) is 4.72 Å². The highest BCUT2D eigenvalue weighted by Gasteiger charge is 2.21. The maximum atomic E-state index is 12.2. The van der Waals surface area contributed by atoms with E-state index in [0.29, 0.717) is 16.5 Å². The summed E-state index contributed by atoms with van der Waals surface area (Å²) in [5, 5.41) is 3.28. The number of sulfonamides is 1. The van der Waals surface area contributed by atoms with Crippen LogP contribution in [-0.4, -0.2) is 21.0 Å². The predicted molar refractivity (Wildman–Crippen MR) is 77.7 cm³/mol. The van der Waals surface area contributed by atoms with Crippen LogP contribution in [0.3, 0.4) is 0 Å². The van der Waals surface area contributed by atoms with Crippen LogP contribution in [0.1, 0.15) is 33.1 Å². The predicted octanol–water partition coefficient (Wildman–Crippen LogP) is 2.59. The fourth-order valence-corrected chi connectivity index (χ4v) is 3.61. The van der Waals surface area contributed by atoms with Crippen molar-refractivity contribution in [3.8, 4) is 0 Å². The van der Waals surface area contributed by atoms with Gasteiger partial charge in [-0.25, -0.2) is 13.1 Å². The van der Waals surface area contributed by atoms with Crippen LogP contribution in [-0.2, 0) is 10.0 Å². The van der Waals surface area contributed by atoms with E-state index in [-0.39, 0.29) is 6.04 Å². The molecular formula is C14H22N2O2S. The Hall–Kier alpha value is -1.07. The maximum Gasteiger partial charge on any atom is 0.242 e. The third-order valence-electron chi connectivity index (χ3n) is 3.37. The van der Waals surface area contributed by atoms with Gasteiger partial charge in [-0.2, -0.15) is 0 Å². The monoisotopic (exact) mass is 282 g/mol. The summed E-state index contributed by atoms with van der Waals surface area (Å²) in [5.41, 5.74) is 0.697. The number of hydrogen-bond donors (Lipinski definition) is 2. The summed E-state index contributed by atoms with van der Waals surface area (Å²) in [5.74, 6) is 0.689. The average molecular weight is 282 g/mol. The third kappa shape index (κ3) is 3.70. The molecule has 0 spiro atoms. The molecule has 1 fully saturated rings. The number of nitrogens with one attached hydrogen (secondary N) is 2. The maximum absolute atomic E-state index is 12.2. The molecule has 1 aliphatic rings. The fourth-order valence-electron chi connectivity index (χ4n) is 2.17. The first-order valence-electron chi connectivity index (χ1n) is 6.84. The largest absolute Gasteiger partial charge is 0.384 e. The van der Waals surface area contributed by atoms with Gasteiger partial charge in [-0.3, -0.25) is 0 Å². The van der Waals surface area contributed by atoms with Gasteiger partial charge in [0.2, 0.25) is 10.0 Å². The van der Waals surface area contributed by atoms with Crippen LogP contribution in [0, 0.1) is 5.92 Å². The normalized spacial score (nSPS) is 16.4. The molecule has 2 N–H and O–H groups in total. The topological polar surface area (TPSA) is 58.2 Å². The Bertz CT molecular complexity index is 522. The molecule has 0 aromatic heterocycles. The van der Waals surface area contributed by atoms with Crippen LogP contribution >= 0.6 is 0 Å². The first-order valence-corrected chi connectivity index (χ1v) is 8.32. The number of hydrogen-bond acceptors (Lipinski definition) is 3. The fraction of sp³-hybridized carbons (Fsp3) is 0.571. The van der Waals surface area contributed by atoms with Gasteiger partial charge >= 0.3 is 0 Å². The van der Waals surface area contributed by atoms with Crippen LogP contribution in [0.15, 0.2) is 29.2 Å². The number of anilines is 1. The summed E-state index contributed by atoms with van der Waals surface area (Å²) >= 11 is 0. The van der Waals surface area contributed by atoms with Crippen molar-refractivity contribution in [1.29, 1.82) is 0 Å². The van der Waals surface area contributed by atoms with Crippen molar-refractivity contribution in [2.24, 2.45) is 5.92 Å². The molecule has 1 aliphatic carbocycles. The van der Waals surface area contributed by atoms with E-state index in [1.54, 1.807) is 12.1 Å². The molecule has 0 atom stereocenters. The summed E-state index contributed by atoms with van der Waals surface area (Å²) in [4.78, 5) is 0.336. The summed E-state index contributed by atoms with van der Waals surface area (Å²) in [7, 11) is -3.44. The second-order valence-electron chi connectivity index (χ2n) is 5.45. The van der Waals surface area contributed by atoms with Crippen molar-refractivity contribution >= 4 is 15.7 Å². The zero-order chi connectivity index (χ0) is 13.9. The minimum atomic E-state index is -3.44. The lowest BCUT2D eigenvalue weighted by Crippen LogP contribution is -2.31. The molecule has 0 saturated heterocycles. The molecule has 1 aromatic carbocycles. The molecule has 0 bridgehead atoms. The van der Waals surface area contributed by atoms with Crippen LogP contribution in [0.4, 0.5) is 5.69 Å². The number of rotatable bonds is 6. The van der Waals surface area contributed by atoms with Crippen molar-refractivity contribution in [3.05, 3.63) is 24.3 Å². The molecule has 19 heavy (non-hydrogen) atoms. The third-order valence-corrected chi connectivity index (χ3v) is 5.09. The lowest BCUT2D eigenvalue weighted by molar-refractivity contribution is 0.333. The van der Waals surface area contributed by atoms with Gasteiger partial charge in [0.05, 0.1) is 5.69 Å². The number of benzene rings is 1. The summed E-state index contributed by atoms with van der Waals surface area (Å²) < 4.78 is 27.1. The van der Waals surface area contributed by atoms with E-state index < -0.39 is 10.0 Å². The molecule has 0 aliphatic heterocycles. The molecule has 1 aromatic rings. The van der Waals surface area contributed by atoms with Crippen LogP contribution in [0.25, 0.3) is 0 Å². The van der Waals surface area contributed by atoms with Crippen molar-refractivity contribution in [2.75, 3.05) is 11.9 Å². The Morgan fingerprint density at radius 2 is 1.95 bits per heavy atom. The van der Waals surface area contributed by atoms with Crippen molar-refractivity contribution in [2.45, 2.75) is 44.0 Å². The Labute approximate surface area is 115 Å². The zero-order valence-corrected chi connectivity index (χ0v) is 12.3. The van der Waals surface area contributed by atoms with E-state index in [1.807, 2.05) is 26.0 Å². The molecule has 1 saturated carbocycles. The minimum absolute atomic E-state index is 0.107.